The second-order valence-electron chi connectivity index (χ2n) is 6.70. The van der Waals surface area contributed by atoms with Crippen molar-refractivity contribution in [3.05, 3.63) is 47.4 Å². The second-order valence-corrected chi connectivity index (χ2v) is 6.70. The average Bonchev–Trinajstić information content (AvgIpc) is 2.67. The predicted octanol–water partition coefficient (Wildman–Crippen LogP) is 3.47. The summed E-state index contributed by atoms with van der Waals surface area (Å²) in [5, 5.41) is 6.37. The summed E-state index contributed by atoms with van der Waals surface area (Å²) in [7, 11) is 1.65. The largest absolute Gasteiger partial charge is 0.497 e. The molecule has 6 nitrogen and oxygen atoms in total. The van der Waals surface area contributed by atoms with Gasteiger partial charge in [-0.2, -0.15) is 0 Å². The zero-order valence-corrected chi connectivity index (χ0v) is 15.4. The minimum absolute atomic E-state index is 0.116. The van der Waals surface area contributed by atoms with Gasteiger partial charge >= 0.3 is 0 Å². The van der Waals surface area contributed by atoms with Gasteiger partial charge in [-0.15, -0.1) is 0 Å². The van der Waals surface area contributed by atoms with Gasteiger partial charge in [0.1, 0.15) is 23.1 Å². The van der Waals surface area contributed by atoms with Crippen LogP contribution in [0.4, 0.5) is 5.82 Å². The number of amides is 1. The van der Waals surface area contributed by atoms with Crippen LogP contribution in [0, 0.1) is 6.92 Å². The van der Waals surface area contributed by atoms with Gasteiger partial charge in [-0.05, 0) is 37.5 Å². The molecule has 1 fully saturated rings. The molecule has 1 aliphatic rings. The Morgan fingerprint density at radius 3 is 2.58 bits per heavy atom. The number of rotatable bonds is 6. The molecule has 1 saturated carbocycles. The lowest BCUT2D eigenvalue weighted by Crippen LogP contribution is -2.36. The molecule has 0 saturated heterocycles. The van der Waals surface area contributed by atoms with Crippen molar-refractivity contribution in [3.63, 3.8) is 0 Å². The van der Waals surface area contributed by atoms with Crippen LogP contribution in [0.3, 0.4) is 0 Å². The van der Waals surface area contributed by atoms with Crippen LogP contribution >= 0.6 is 0 Å². The fraction of sp³-hybridized carbons (Fsp3) is 0.450. The summed E-state index contributed by atoms with van der Waals surface area (Å²) < 4.78 is 5.17. The maximum Gasteiger partial charge on any atom is 0.270 e. The van der Waals surface area contributed by atoms with E-state index in [2.05, 4.69) is 20.6 Å². The highest BCUT2D eigenvalue weighted by molar-refractivity contribution is 5.93. The highest BCUT2D eigenvalue weighted by Crippen LogP contribution is 2.18. The number of anilines is 1. The summed E-state index contributed by atoms with van der Waals surface area (Å²) in [6.07, 6.45) is 5.74. The molecule has 0 bridgehead atoms. The number of benzene rings is 1. The third-order valence-electron chi connectivity index (χ3n) is 4.64. The minimum atomic E-state index is -0.116. The van der Waals surface area contributed by atoms with Gasteiger partial charge in [-0.25, -0.2) is 9.97 Å². The van der Waals surface area contributed by atoms with Crippen LogP contribution in [0.25, 0.3) is 0 Å². The van der Waals surface area contributed by atoms with Gasteiger partial charge in [0.25, 0.3) is 5.91 Å². The summed E-state index contributed by atoms with van der Waals surface area (Å²) in [4.78, 5) is 21.2. The summed E-state index contributed by atoms with van der Waals surface area (Å²) in [5.74, 6) is 1.95. The van der Waals surface area contributed by atoms with Crippen LogP contribution < -0.4 is 15.4 Å². The molecule has 2 N–H and O–H groups in total. The van der Waals surface area contributed by atoms with Crippen molar-refractivity contribution in [1.82, 2.24) is 15.3 Å². The van der Waals surface area contributed by atoms with E-state index in [1.165, 1.54) is 19.3 Å². The molecule has 1 aliphatic carbocycles. The van der Waals surface area contributed by atoms with Crippen LogP contribution in [0.15, 0.2) is 30.3 Å². The van der Waals surface area contributed by atoms with E-state index in [-0.39, 0.29) is 11.9 Å². The average molecular weight is 354 g/mol. The van der Waals surface area contributed by atoms with Crippen LogP contribution in [0.1, 0.15) is 54.0 Å². The van der Waals surface area contributed by atoms with Crippen molar-refractivity contribution in [3.8, 4) is 5.75 Å². The first-order chi connectivity index (χ1) is 12.6. The highest BCUT2D eigenvalue weighted by atomic mass is 16.5. The molecule has 1 aromatic carbocycles. The molecule has 0 atom stereocenters. The number of carbonyl (C=O) groups excluding carboxylic acids is 1. The maximum atomic E-state index is 12.5. The first-order valence-electron chi connectivity index (χ1n) is 9.17. The SMILES string of the molecule is COc1ccc(CNc2cc(C(=O)NC3CCCCC3)nc(C)n2)cc1. The van der Waals surface area contributed by atoms with Gasteiger partial charge in [0.05, 0.1) is 7.11 Å². The zero-order valence-electron chi connectivity index (χ0n) is 15.4. The topological polar surface area (TPSA) is 76.1 Å². The summed E-state index contributed by atoms with van der Waals surface area (Å²) in [6, 6.07) is 9.82. The first-order valence-corrected chi connectivity index (χ1v) is 9.17. The Bertz CT molecular complexity index is 740. The van der Waals surface area contributed by atoms with Gasteiger partial charge < -0.3 is 15.4 Å². The molecule has 1 amide bonds. The summed E-state index contributed by atoms with van der Waals surface area (Å²) in [6.45, 7) is 2.42. The summed E-state index contributed by atoms with van der Waals surface area (Å²) in [5.41, 5.74) is 1.52. The molecule has 6 heteroatoms. The molecule has 26 heavy (non-hydrogen) atoms. The number of nitrogens with zero attached hydrogens (tertiary/aromatic N) is 2. The first kappa shape index (κ1) is 18.2. The van der Waals surface area contributed by atoms with Crippen LogP contribution in [-0.4, -0.2) is 29.0 Å². The molecular weight excluding hydrogens is 328 g/mol. The van der Waals surface area contributed by atoms with Gasteiger partial charge in [0, 0.05) is 18.7 Å². The van der Waals surface area contributed by atoms with Crippen molar-refractivity contribution < 1.29 is 9.53 Å². The number of aryl methyl sites for hydroxylation is 1. The van der Waals surface area contributed by atoms with E-state index in [0.29, 0.717) is 23.9 Å². The zero-order chi connectivity index (χ0) is 18.4. The fourth-order valence-corrected chi connectivity index (χ4v) is 3.22. The van der Waals surface area contributed by atoms with Gasteiger partial charge in [-0.1, -0.05) is 31.4 Å². The molecule has 1 heterocycles. The van der Waals surface area contributed by atoms with Gasteiger partial charge in [0.2, 0.25) is 0 Å². The summed E-state index contributed by atoms with van der Waals surface area (Å²) >= 11 is 0. The van der Waals surface area contributed by atoms with E-state index >= 15 is 0 Å². The lowest BCUT2D eigenvalue weighted by Gasteiger charge is -2.22. The predicted molar refractivity (Wildman–Crippen MR) is 101 cm³/mol. The van der Waals surface area contributed by atoms with Gasteiger partial charge in [0.15, 0.2) is 0 Å². The Labute approximate surface area is 154 Å². The van der Waals surface area contributed by atoms with E-state index in [0.717, 1.165) is 24.2 Å². The number of carbonyl (C=O) groups is 1. The van der Waals surface area contributed by atoms with E-state index in [4.69, 9.17) is 4.74 Å². The van der Waals surface area contributed by atoms with Crippen LogP contribution in [0.2, 0.25) is 0 Å². The molecule has 2 aromatic rings. The molecular formula is C20H26N4O2. The quantitative estimate of drug-likeness (QED) is 0.831. The van der Waals surface area contributed by atoms with Crippen molar-refractivity contribution in [1.29, 1.82) is 0 Å². The number of nitrogens with one attached hydrogen (secondary N) is 2. The number of methoxy groups -OCH3 is 1. The smallest absolute Gasteiger partial charge is 0.270 e. The molecule has 3 rings (SSSR count). The second kappa shape index (κ2) is 8.65. The third kappa shape index (κ3) is 4.94. The molecule has 138 valence electrons. The van der Waals surface area contributed by atoms with E-state index in [1.54, 1.807) is 20.1 Å². The van der Waals surface area contributed by atoms with E-state index in [9.17, 15) is 4.79 Å². The fourth-order valence-electron chi connectivity index (χ4n) is 3.22. The molecule has 0 spiro atoms. The highest BCUT2D eigenvalue weighted by Gasteiger charge is 2.18. The van der Waals surface area contributed by atoms with E-state index in [1.807, 2.05) is 24.3 Å². The van der Waals surface area contributed by atoms with E-state index < -0.39 is 0 Å². The Balaban J connectivity index is 1.63. The van der Waals surface area contributed by atoms with Crippen molar-refractivity contribution in [2.45, 2.75) is 51.6 Å². The Kier molecular flexibility index (Phi) is 6.04. The molecule has 0 radical (unpaired) electrons. The molecule has 1 aromatic heterocycles. The van der Waals surface area contributed by atoms with Crippen molar-refractivity contribution in [2.75, 3.05) is 12.4 Å². The van der Waals surface area contributed by atoms with Crippen LogP contribution in [0.5, 0.6) is 5.75 Å². The lowest BCUT2D eigenvalue weighted by molar-refractivity contribution is 0.0922. The lowest BCUT2D eigenvalue weighted by atomic mass is 9.95. The maximum absolute atomic E-state index is 12.5. The Morgan fingerprint density at radius 1 is 1.15 bits per heavy atom. The molecule has 0 unspecified atom stereocenters. The van der Waals surface area contributed by atoms with Gasteiger partial charge in [-0.3, -0.25) is 4.79 Å². The number of aromatic nitrogens is 2. The third-order valence-corrected chi connectivity index (χ3v) is 4.64. The number of ether oxygens (including phenoxy) is 1. The minimum Gasteiger partial charge on any atom is -0.497 e. The standard InChI is InChI=1S/C20H26N4O2/c1-14-22-18(20(25)24-16-6-4-3-5-7-16)12-19(23-14)21-13-15-8-10-17(26-2)11-9-15/h8-12,16H,3-7,13H2,1-2H3,(H,24,25)(H,21,22,23). The van der Waals surface area contributed by atoms with Crippen molar-refractivity contribution >= 4 is 11.7 Å². The monoisotopic (exact) mass is 354 g/mol. The molecule has 0 aliphatic heterocycles. The van der Waals surface area contributed by atoms with Crippen LogP contribution in [-0.2, 0) is 6.54 Å². The van der Waals surface area contributed by atoms with Crippen molar-refractivity contribution in [2.24, 2.45) is 0 Å². The Morgan fingerprint density at radius 2 is 1.88 bits per heavy atom. The number of hydrogen-bond donors (Lipinski definition) is 2. The normalized spacial score (nSPS) is 14.7. The number of hydrogen-bond acceptors (Lipinski definition) is 5. The Hall–Kier alpha value is -2.63.